The van der Waals surface area contributed by atoms with E-state index in [1.54, 1.807) is 0 Å². The average molecular weight is 208 g/mol. The highest BCUT2D eigenvalue weighted by Crippen LogP contribution is 2.34. The van der Waals surface area contributed by atoms with Gasteiger partial charge in [0.05, 0.1) is 12.6 Å². The number of amides is 1. The van der Waals surface area contributed by atoms with Crippen molar-refractivity contribution in [1.82, 2.24) is 10.6 Å². The summed E-state index contributed by atoms with van der Waals surface area (Å²) in [6, 6.07) is -0.154. The molecule has 0 aromatic rings. The topological polar surface area (TPSA) is 41.1 Å². The maximum Gasteiger partial charge on any atom is 0.237 e. The molecule has 1 rings (SSSR count). The van der Waals surface area contributed by atoms with E-state index in [1.165, 1.54) is 19.3 Å². The van der Waals surface area contributed by atoms with Gasteiger partial charge in [-0.3, -0.25) is 4.79 Å². The first kappa shape index (κ1) is 12.1. The molecule has 1 saturated carbocycles. The fourth-order valence-corrected chi connectivity index (χ4v) is 2.02. The Morgan fingerprint density at radius 2 is 2.27 bits per heavy atom. The zero-order chi connectivity index (χ0) is 11.3. The smallest absolute Gasteiger partial charge is 0.237 e. The highest BCUT2D eigenvalue weighted by atomic mass is 16.2. The van der Waals surface area contributed by atoms with E-state index in [4.69, 9.17) is 6.42 Å². The van der Waals surface area contributed by atoms with E-state index in [-0.39, 0.29) is 17.5 Å². The van der Waals surface area contributed by atoms with Crippen LogP contribution in [0.3, 0.4) is 0 Å². The molecule has 3 heteroatoms. The lowest BCUT2D eigenvalue weighted by Gasteiger charge is -2.43. The van der Waals surface area contributed by atoms with Gasteiger partial charge in [0.2, 0.25) is 5.91 Å². The Morgan fingerprint density at radius 3 is 2.67 bits per heavy atom. The molecule has 15 heavy (non-hydrogen) atoms. The largest absolute Gasteiger partial charge is 0.344 e. The molecule has 2 N–H and O–H groups in total. The van der Waals surface area contributed by atoms with Gasteiger partial charge >= 0.3 is 0 Å². The molecule has 1 fully saturated rings. The van der Waals surface area contributed by atoms with Crippen LogP contribution in [-0.2, 0) is 4.79 Å². The lowest BCUT2D eigenvalue weighted by molar-refractivity contribution is -0.123. The molecular formula is C12H20N2O. The summed E-state index contributed by atoms with van der Waals surface area (Å²) in [7, 11) is 0. The average Bonchev–Trinajstić information content (AvgIpc) is 2.19. The van der Waals surface area contributed by atoms with Gasteiger partial charge in [-0.1, -0.05) is 12.8 Å². The molecule has 1 unspecified atom stereocenters. The van der Waals surface area contributed by atoms with E-state index in [0.717, 1.165) is 6.42 Å². The third-order valence-corrected chi connectivity index (χ3v) is 3.27. The summed E-state index contributed by atoms with van der Waals surface area (Å²) in [5.74, 6) is 2.39. The first-order valence-corrected chi connectivity index (χ1v) is 5.62. The van der Waals surface area contributed by atoms with Crippen LogP contribution in [0.4, 0.5) is 0 Å². The highest BCUT2D eigenvalue weighted by Gasteiger charge is 2.36. The molecule has 0 aromatic heterocycles. The molecule has 0 heterocycles. The predicted octanol–water partition coefficient (Wildman–Crippen LogP) is 1.05. The lowest BCUT2D eigenvalue weighted by Crippen LogP contribution is -2.57. The SMILES string of the molecule is C#CCNC(=O)C(C)NC1(CC)CCC1. The van der Waals surface area contributed by atoms with Gasteiger partial charge < -0.3 is 10.6 Å². The molecule has 1 atom stereocenters. The molecule has 0 saturated heterocycles. The van der Waals surface area contributed by atoms with Crippen LogP contribution in [0.15, 0.2) is 0 Å². The van der Waals surface area contributed by atoms with Crippen LogP contribution in [0.1, 0.15) is 39.5 Å². The Bertz CT molecular complexity index is 258. The van der Waals surface area contributed by atoms with Gasteiger partial charge in [-0.15, -0.1) is 6.42 Å². The number of rotatable bonds is 5. The first-order valence-electron chi connectivity index (χ1n) is 5.62. The fraction of sp³-hybridized carbons (Fsp3) is 0.750. The molecule has 0 bridgehead atoms. The van der Waals surface area contributed by atoms with Crippen molar-refractivity contribution >= 4 is 5.91 Å². The van der Waals surface area contributed by atoms with Crippen molar-refractivity contribution in [3.05, 3.63) is 0 Å². The van der Waals surface area contributed by atoms with Gasteiger partial charge in [0.1, 0.15) is 0 Å². The minimum Gasteiger partial charge on any atom is -0.344 e. The Morgan fingerprint density at radius 1 is 1.60 bits per heavy atom. The van der Waals surface area contributed by atoms with Crippen LogP contribution in [0.5, 0.6) is 0 Å². The van der Waals surface area contributed by atoms with E-state index < -0.39 is 0 Å². The summed E-state index contributed by atoms with van der Waals surface area (Å²) in [6.45, 7) is 4.36. The number of carbonyl (C=O) groups excluding carboxylic acids is 1. The van der Waals surface area contributed by atoms with E-state index >= 15 is 0 Å². The lowest BCUT2D eigenvalue weighted by atomic mass is 9.74. The van der Waals surface area contributed by atoms with Gasteiger partial charge in [-0.2, -0.15) is 0 Å². The second-order valence-electron chi connectivity index (χ2n) is 4.28. The third kappa shape index (κ3) is 2.97. The van der Waals surface area contributed by atoms with Crippen molar-refractivity contribution in [3.63, 3.8) is 0 Å². The van der Waals surface area contributed by atoms with Crippen molar-refractivity contribution in [3.8, 4) is 12.3 Å². The Hall–Kier alpha value is -1.01. The molecule has 1 amide bonds. The molecule has 84 valence electrons. The van der Waals surface area contributed by atoms with Gasteiger partial charge in [-0.05, 0) is 32.6 Å². The standard InChI is InChI=1S/C12H20N2O/c1-4-9-13-11(15)10(3)14-12(5-2)7-6-8-12/h1,10,14H,5-9H2,2-3H3,(H,13,15). The summed E-state index contributed by atoms with van der Waals surface area (Å²) in [5, 5.41) is 6.10. The van der Waals surface area contributed by atoms with Crippen LogP contribution in [-0.4, -0.2) is 24.0 Å². The van der Waals surface area contributed by atoms with Gasteiger partial charge in [0, 0.05) is 5.54 Å². The Kier molecular flexibility index (Phi) is 4.16. The number of hydrogen-bond acceptors (Lipinski definition) is 2. The molecule has 1 aliphatic rings. The monoisotopic (exact) mass is 208 g/mol. The van der Waals surface area contributed by atoms with E-state index in [1.807, 2.05) is 6.92 Å². The molecule has 0 radical (unpaired) electrons. The van der Waals surface area contributed by atoms with Crippen molar-refractivity contribution in [2.45, 2.75) is 51.1 Å². The van der Waals surface area contributed by atoms with Crippen molar-refractivity contribution < 1.29 is 4.79 Å². The summed E-state index contributed by atoms with van der Waals surface area (Å²) >= 11 is 0. The van der Waals surface area contributed by atoms with E-state index in [2.05, 4.69) is 23.5 Å². The summed E-state index contributed by atoms with van der Waals surface area (Å²) in [4.78, 5) is 11.6. The second-order valence-corrected chi connectivity index (χ2v) is 4.28. The number of carbonyl (C=O) groups is 1. The predicted molar refractivity (Wildman–Crippen MR) is 61.3 cm³/mol. The van der Waals surface area contributed by atoms with Crippen molar-refractivity contribution in [2.24, 2.45) is 0 Å². The maximum atomic E-state index is 11.6. The van der Waals surface area contributed by atoms with Crippen LogP contribution in [0, 0.1) is 12.3 Å². The normalized spacial score (nSPS) is 19.8. The quantitative estimate of drug-likeness (QED) is 0.663. The highest BCUT2D eigenvalue weighted by molar-refractivity contribution is 5.81. The molecule has 3 nitrogen and oxygen atoms in total. The zero-order valence-electron chi connectivity index (χ0n) is 9.60. The summed E-state index contributed by atoms with van der Waals surface area (Å²) in [6.07, 6.45) is 9.78. The summed E-state index contributed by atoms with van der Waals surface area (Å²) < 4.78 is 0. The minimum atomic E-state index is -0.154. The molecule has 0 aromatic carbocycles. The van der Waals surface area contributed by atoms with Crippen LogP contribution >= 0.6 is 0 Å². The first-order chi connectivity index (χ1) is 7.13. The Balaban J connectivity index is 2.37. The van der Waals surface area contributed by atoms with Gasteiger partial charge in [-0.25, -0.2) is 0 Å². The minimum absolute atomic E-state index is 0.00678. The molecule has 0 aliphatic heterocycles. The maximum absolute atomic E-state index is 11.6. The van der Waals surface area contributed by atoms with Crippen molar-refractivity contribution in [2.75, 3.05) is 6.54 Å². The zero-order valence-corrected chi connectivity index (χ0v) is 9.60. The third-order valence-electron chi connectivity index (χ3n) is 3.27. The van der Waals surface area contributed by atoms with Crippen LogP contribution < -0.4 is 10.6 Å². The van der Waals surface area contributed by atoms with Crippen LogP contribution in [0.2, 0.25) is 0 Å². The number of hydrogen-bond donors (Lipinski definition) is 2. The Labute approximate surface area is 92.0 Å². The fourth-order valence-electron chi connectivity index (χ4n) is 2.02. The van der Waals surface area contributed by atoms with E-state index in [9.17, 15) is 4.79 Å². The summed E-state index contributed by atoms with van der Waals surface area (Å²) in [5.41, 5.74) is 0.201. The van der Waals surface area contributed by atoms with Gasteiger partial charge in [0.25, 0.3) is 0 Å². The number of nitrogens with one attached hydrogen (secondary N) is 2. The van der Waals surface area contributed by atoms with Crippen LogP contribution in [0.25, 0.3) is 0 Å². The molecule has 1 aliphatic carbocycles. The molecule has 0 spiro atoms. The molecular weight excluding hydrogens is 188 g/mol. The number of terminal acetylenes is 1. The second kappa shape index (κ2) is 5.18. The van der Waals surface area contributed by atoms with E-state index in [0.29, 0.717) is 6.54 Å². The van der Waals surface area contributed by atoms with Crippen molar-refractivity contribution in [1.29, 1.82) is 0 Å². The van der Waals surface area contributed by atoms with Gasteiger partial charge in [0.15, 0.2) is 0 Å².